The first-order valence-electron chi connectivity index (χ1n) is 14.6. The number of fused-ring (bicyclic) bond motifs is 1. The van der Waals surface area contributed by atoms with Gasteiger partial charge in [0.1, 0.15) is 12.0 Å². The van der Waals surface area contributed by atoms with Crippen LogP contribution in [-0.4, -0.2) is 70.1 Å². The van der Waals surface area contributed by atoms with Crippen molar-refractivity contribution in [2.45, 2.75) is 38.9 Å². The highest BCUT2D eigenvalue weighted by molar-refractivity contribution is 7.90. The van der Waals surface area contributed by atoms with E-state index in [2.05, 4.69) is 26.7 Å². The Morgan fingerprint density at radius 3 is 2.58 bits per heavy atom. The third-order valence-corrected chi connectivity index (χ3v) is 9.71. The number of ether oxygens (including phenoxy) is 1. The average Bonchev–Trinajstić information content (AvgIpc) is 3.40. The van der Waals surface area contributed by atoms with Gasteiger partial charge in [-0.15, -0.1) is 0 Å². The summed E-state index contributed by atoms with van der Waals surface area (Å²) < 4.78 is 71.4. The smallest absolute Gasteiger partial charge is 0.381 e. The van der Waals surface area contributed by atoms with E-state index in [4.69, 9.17) is 9.72 Å². The summed E-state index contributed by atoms with van der Waals surface area (Å²) >= 11 is 0. The van der Waals surface area contributed by atoms with E-state index in [1.807, 2.05) is 24.3 Å². The van der Waals surface area contributed by atoms with Crippen LogP contribution in [0.15, 0.2) is 53.7 Å². The number of anilines is 2. The Morgan fingerprint density at radius 2 is 1.89 bits per heavy atom. The Morgan fingerprint density at radius 1 is 1.13 bits per heavy atom. The molecule has 45 heavy (non-hydrogen) atoms. The molecule has 1 saturated heterocycles. The van der Waals surface area contributed by atoms with E-state index in [1.54, 1.807) is 6.20 Å². The molecule has 0 bridgehead atoms. The first-order valence-corrected chi connectivity index (χ1v) is 16.2. The third-order valence-electron chi connectivity index (χ3n) is 8.05. The maximum atomic E-state index is 14.0. The molecule has 15 heteroatoms. The molecule has 5 heterocycles. The van der Waals surface area contributed by atoms with Crippen LogP contribution >= 0.6 is 0 Å². The molecule has 2 aliphatic rings. The molecular weight excluding hydrogens is 611 g/mol. The maximum Gasteiger partial charge on any atom is 0.404 e. The first-order chi connectivity index (χ1) is 21.5. The number of hydrogen-bond acceptors (Lipinski definition) is 9. The number of nitrogens with zero attached hydrogens (tertiary/aromatic N) is 5. The molecule has 0 aliphatic carbocycles. The molecule has 3 aromatic heterocycles. The van der Waals surface area contributed by atoms with Gasteiger partial charge in [0.15, 0.2) is 5.75 Å². The second kappa shape index (κ2) is 12.4. The van der Waals surface area contributed by atoms with Gasteiger partial charge in [0, 0.05) is 43.6 Å². The van der Waals surface area contributed by atoms with Gasteiger partial charge < -0.3 is 15.4 Å². The summed E-state index contributed by atoms with van der Waals surface area (Å²) in [7, 11) is -4.80. The number of rotatable bonds is 8. The van der Waals surface area contributed by atoms with Crippen LogP contribution in [0.1, 0.15) is 30.5 Å². The zero-order chi connectivity index (χ0) is 31.8. The van der Waals surface area contributed by atoms with Crippen LogP contribution in [0.2, 0.25) is 0 Å². The lowest BCUT2D eigenvalue weighted by atomic mass is 10.00. The number of halogens is 3. The lowest BCUT2D eigenvalue weighted by Crippen LogP contribution is -2.29. The molecule has 11 nitrogen and oxygen atoms in total. The van der Waals surface area contributed by atoms with Crippen LogP contribution in [0, 0.1) is 12.8 Å². The van der Waals surface area contributed by atoms with Crippen molar-refractivity contribution < 1.29 is 26.3 Å². The van der Waals surface area contributed by atoms with Gasteiger partial charge in [-0.05, 0) is 68.0 Å². The monoisotopic (exact) mass is 643 g/mol. The van der Waals surface area contributed by atoms with Gasteiger partial charge in [-0.3, -0.25) is 9.36 Å². The van der Waals surface area contributed by atoms with Gasteiger partial charge >= 0.3 is 6.18 Å². The van der Waals surface area contributed by atoms with Crippen LogP contribution in [0.5, 0.6) is 0 Å². The Bertz CT molecular complexity index is 1910. The van der Waals surface area contributed by atoms with Gasteiger partial charge in [-0.1, -0.05) is 18.2 Å². The predicted molar refractivity (Wildman–Crippen MR) is 164 cm³/mol. The largest absolute Gasteiger partial charge is 0.404 e. The van der Waals surface area contributed by atoms with Crippen molar-refractivity contribution in [1.82, 2.24) is 28.8 Å². The minimum atomic E-state index is -4.94. The van der Waals surface area contributed by atoms with E-state index in [0.29, 0.717) is 34.8 Å². The summed E-state index contributed by atoms with van der Waals surface area (Å²) in [6.07, 6.45) is 2.01. The Hall–Kier alpha value is -4.08. The highest BCUT2D eigenvalue weighted by Crippen LogP contribution is 2.28. The van der Waals surface area contributed by atoms with Crippen molar-refractivity contribution in [3.63, 3.8) is 0 Å². The summed E-state index contributed by atoms with van der Waals surface area (Å²) in [4.78, 5) is 27.2. The summed E-state index contributed by atoms with van der Waals surface area (Å²) in [5, 5.41) is 7.00. The van der Waals surface area contributed by atoms with Crippen LogP contribution in [-0.2, 0) is 21.3 Å². The molecule has 0 spiro atoms. The number of nitrogens with one attached hydrogen (secondary N) is 2. The molecule has 4 aromatic rings. The van der Waals surface area contributed by atoms with Gasteiger partial charge in [0.05, 0.1) is 17.0 Å². The van der Waals surface area contributed by atoms with Crippen molar-refractivity contribution in [2.75, 3.05) is 37.4 Å². The lowest BCUT2D eigenvalue weighted by molar-refractivity contribution is -0.106. The van der Waals surface area contributed by atoms with Crippen LogP contribution in [0.25, 0.3) is 27.9 Å². The van der Waals surface area contributed by atoms with Crippen molar-refractivity contribution in [3.05, 3.63) is 70.5 Å². The molecule has 2 aliphatic heterocycles. The molecular formula is C30H32F3N7O4S. The topological polar surface area (TPSA) is 133 Å². The van der Waals surface area contributed by atoms with Gasteiger partial charge in [-0.2, -0.15) is 18.2 Å². The van der Waals surface area contributed by atoms with E-state index in [1.165, 1.54) is 23.1 Å². The normalized spacial score (nSPS) is 16.6. The van der Waals surface area contributed by atoms with E-state index in [0.717, 1.165) is 49.9 Å². The molecule has 0 amide bonds. The second-order valence-electron chi connectivity index (χ2n) is 11.2. The van der Waals surface area contributed by atoms with Crippen molar-refractivity contribution in [2.24, 2.45) is 5.92 Å². The number of aromatic nitrogens is 5. The van der Waals surface area contributed by atoms with Crippen LogP contribution in [0.3, 0.4) is 0 Å². The second-order valence-corrected chi connectivity index (χ2v) is 13.1. The summed E-state index contributed by atoms with van der Waals surface area (Å²) in [5.74, 6) is -1.66. The Kier molecular flexibility index (Phi) is 8.50. The summed E-state index contributed by atoms with van der Waals surface area (Å²) in [6, 6.07) is 9.44. The van der Waals surface area contributed by atoms with Crippen molar-refractivity contribution >= 4 is 38.3 Å². The number of pyridine rings is 1. The SMILES string of the molecule is Cc1c(-c2cc3cnc(Nc4ccc(C5=CCNCC5)cc4)nc3n(CC3CCOCC3)c2=O)ncn1S(=O)(=O)CC(F)(F)F. The molecule has 0 unspecified atom stereocenters. The number of benzene rings is 1. The highest BCUT2D eigenvalue weighted by atomic mass is 32.2. The number of alkyl halides is 3. The summed E-state index contributed by atoms with van der Waals surface area (Å²) in [6.45, 7) is 4.53. The van der Waals surface area contributed by atoms with Crippen LogP contribution < -0.4 is 16.2 Å². The zero-order valence-corrected chi connectivity index (χ0v) is 25.3. The van der Waals surface area contributed by atoms with E-state index in [9.17, 15) is 26.4 Å². The molecule has 0 radical (unpaired) electrons. The predicted octanol–water partition coefficient (Wildman–Crippen LogP) is 4.25. The minimum Gasteiger partial charge on any atom is -0.381 e. The molecule has 0 atom stereocenters. The van der Waals surface area contributed by atoms with Gasteiger partial charge in [0.2, 0.25) is 16.0 Å². The summed E-state index contributed by atoms with van der Waals surface area (Å²) in [5.41, 5.74) is 2.99. The van der Waals surface area contributed by atoms with Crippen LogP contribution in [0.4, 0.5) is 24.8 Å². The van der Waals surface area contributed by atoms with Crippen molar-refractivity contribution in [3.8, 4) is 11.3 Å². The molecule has 2 N–H and O–H groups in total. The highest BCUT2D eigenvalue weighted by Gasteiger charge is 2.37. The first kappa shape index (κ1) is 30.9. The third kappa shape index (κ3) is 6.79. The minimum absolute atomic E-state index is 0.0282. The Labute approximate surface area is 257 Å². The average molecular weight is 644 g/mol. The molecule has 1 fully saturated rings. The molecule has 6 rings (SSSR count). The standard InChI is InChI=1S/C30H32F3N7O4S/c1-19-26(36-18-40(19)45(42,43)17-30(31,32)33)25-14-23-15-35-29(37-24-4-2-21(3-5-24)22-6-10-34-11-7-22)38-27(23)39(28(25)41)16-20-8-12-44-13-9-20/h2-6,14-15,18,20,34H,7-13,16-17H2,1H3,(H,35,37,38). The lowest BCUT2D eigenvalue weighted by Gasteiger charge is -2.23. The maximum absolute atomic E-state index is 14.0. The molecule has 1 aromatic carbocycles. The number of imidazole rings is 1. The number of hydrogen-bond donors (Lipinski definition) is 2. The van der Waals surface area contributed by atoms with E-state index < -0.39 is 27.5 Å². The molecule has 238 valence electrons. The van der Waals surface area contributed by atoms with Crippen molar-refractivity contribution in [1.29, 1.82) is 0 Å². The fraction of sp³-hybridized carbons (Fsp3) is 0.400. The van der Waals surface area contributed by atoms with E-state index >= 15 is 0 Å². The van der Waals surface area contributed by atoms with Gasteiger partial charge in [0.25, 0.3) is 5.56 Å². The quantitative estimate of drug-likeness (QED) is 0.289. The fourth-order valence-corrected chi connectivity index (χ4v) is 6.99. The zero-order valence-electron chi connectivity index (χ0n) is 24.5. The molecule has 0 saturated carbocycles. The Balaban J connectivity index is 1.38. The van der Waals surface area contributed by atoms with E-state index in [-0.39, 0.29) is 28.8 Å². The fourth-order valence-electron chi connectivity index (χ4n) is 5.74. The van der Waals surface area contributed by atoms with Gasteiger partial charge in [-0.25, -0.2) is 22.4 Å².